The van der Waals surface area contributed by atoms with Crippen molar-refractivity contribution in [2.45, 2.75) is 19.3 Å². The maximum absolute atomic E-state index is 13.0. The van der Waals surface area contributed by atoms with Gasteiger partial charge in [0.25, 0.3) is 0 Å². The summed E-state index contributed by atoms with van der Waals surface area (Å²) in [6.07, 6.45) is 0.175. The lowest BCUT2D eigenvalue weighted by atomic mass is 9.94. The van der Waals surface area contributed by atoms with Crippen molar-refractivity contribution in [3.63, 3.8) is 0 Å². The van der Waals surface area contributed by atoms with Gasteiger partial charge < -0.3 is 4.98 Å². The number of amides is 2. The molecule has 1 atom stereocenters. The van der Waals surface area contributed by atoms with Crippen LogP contribution in [-0.2, 0) is 9.59 Å². The number of nitrogens with zero attached hydrogens (tertiary/aromatic N) is 1. The van der Waals surface area contributed by atoms with Gasteiger partial charge in [-0.2, -0.15) is 0 Å². The molecule has 2 heterocycles. The molecule has 1 aliphatic rings. The Hall–Kier alpha value is -2.59. The third kappa shape index (κ3) is 2.22. The summed E-state index contributed by atoms with van der Waals surface area (Å²) in [6.45, 7) is 1.94. The van der Waals surface area contributed by atoms with Gasteiger partial charge in [0.15, 0.2) is 0 Å². The number of carbonyl (C=O) groups is 2. The van der Waals surface area contributed by atoms with Gasteiger partial charge in [-0.25, -0.2) is 4.90 Å². The highest BCUT2D eigenvalue weighted by Crippen LogP contribution is 2.38. The lowest BCUT2D eigenvalue weighted by Gasteiger charge is -2.15. The van der Waals surface area contributed by atoms with Crippen molar-refractivity contribution >= 4 is 40.0 Å². The first-order chi connectivity index (χ1) is 11.6. The van der Waals surface area contributed by atoms with Crippen LogP contribution in [0, 0.1) is 6.92 Å². The average Bonchev–Trinajstić information content (AvgIpc) is 3.02. The fourth-order valence-electron chi connectivity index (χ4n) is 3.49. The van der Waals surface area contributed by atoms with E-state index in [0.29, 0.717) is 10.7 Å². The second-order valence-electron chi connectivity index (χ2n) is 6.01. The molecular weight excluding hydrogens is 324 g/mol. The fourth-order valence-corrected chi connectivity index (χ4v) is 3.68. The van der Waals surface area contributed by atoms with Gasteiger partial charge >= 0.3 is 0 Å². The number of imide groups is 1. The van der Waals surface area contributed by atoms with Gasteiger partial charge in [-0.05, 0) is 36.8 Å². The van der Waals surface area contributed by atoms with E-state index in [1.54, 1.807) is 24.3 Å². The normalized spacial score (nSPS) is 17.9. The summed E-state index contributed by atoms with van der Waals surface area (Å²) in [5.41, 5.74) is 3.34. The first-order valence-electron chi connectivity index (χ1n) is 7.76. The van der Waals surface area contributed by atoms with E-state index >= 15 is 0 Å². The summed E-state index contributed by atoms with van der Waals surface area (Å²) in [7, 11) is 0. The summed E-state index contributed by atoms with van der Waals surface area (Å²) < 4.78 is 0. The number of aryl methyl sites for hydroxylation is 1. The van der Waals surface area contributed by atoms with Crippen molar-refractivity contribution in [1.29, 1.82) is 0 Å². The lowest BCUT2D eigenvalue weighted by molar-refractivity contribution is -0.121. The van der Waals surface area contributed by atoms with Crippen LogP contribution in [0.2, 0.25) is 5.02 Å². The molecule has 1 N–H and O–H groups in total. The van der Waals surface area contributed by atoms with Crippen LogP contribution in [0.1, 0.15) is 23.6 Å². The maximum atomic E-state index is 13.0. The number of hydrogen-bond acceptors (Lipinski definition) is 2. The molecule has 2 amide bonds. The molecular formula is C19H15ClN2O2. The van der Waals surface area contributed by atoms with E-state index in [2.05, 4.69) is 4.98 Å². The summed E-state index contributed by atoms with van der Waals surface area (Å²) in [4.78, 5) is 30.0. The summed E-state index contributed by atoms with van der Waals surface area (Å²) >= 11 is 6.00. The second kappa shape index (κ2) is 5.49. The van der Waals surface area contributed by atoms with E-state index in [-0.39, 0.29) is 18.2 Å². The zero-order valence-electron chi connectivity index (χ0n) is 13.0. The Morgan fingerprint density at radius 1 is 1.12 bits per heavy atom. The average molecular weight is 339 g/mol. The molecule has 0 spiro atoms. The number of nitrogens with one attached hydrogen (secondary N) is 1. The predicted molar refractivity (Wildman–Crippen MR) is 94.3 cm³/mol. The first kappa shape index (κ1) is 15.0. The van der Waals surface area contributed by atoms with Gasteiger partial charge in [-0.15, -0.1) is 0 Å². The zero-order valence-corrected chi connectivity index (χ0v) is 13.8. The van der Waals surface area contributed by atoms with Crippen LogP contribution < -0.4 is 4.90 Å². The molecule has 4 rings (SSSR count). The van der Waals surface area contributed by atoms with Crippen molar-refractivity contribution < 1.29 is 9.59 Å². The van der Waals surface area contributed by atoms with Gasteiger partial charge in [0, 0.05) is 28.0 Å². The predicted octanol–water partition coefficient (Wildman–Crippen LogP) is 4.18. The molecule has 0 aliphatic carbocycles. The molecule has 0 saturated carbocycles. The SMILES string of the molecule is Cc1[nH]c2ccccc2c1C1CC(=O)N(c2cccc(Cl)c2)C1=O. The van der Waals surface area contributed by atoms with Crippen molar-refractivity contribution in [3.05, 3.63) is 64.8 Å². The Kier molecular flexibility index (Phi) is 3.43. The molecule has 24 heavy (non-hydrogen) atoms. The van der Waals surface area contributed by atoms with Crippen LogP contribution in [0.15, 0.2) is 48.5 Å². The highest BCUT2D eigenvalue weighted by Gasteiger charge is 2.42. The van der Waals surface area contributed by atoms with Crippen molar-refractivity contribution in [1.82, 2.24) is 4.98 Å². The van der Waals surface area contributed by atoms with Crippen molar-refractivity contribution in [3.8, 4) is 0 Å². The molecule has 1 aliphatic heterocycles. The number of halogens is 1. The Labute approximate surface area is 144 Å². The molecule has 2 aromatic carbocycles. The number of rotatable bonds is 2. The number of aromatic amines is 1. The zero-order chi connectivity index (χ0) is 16.8. The second-order valence-corrected chi connectivity index (χ2v) is 6.45. The van der Waals surface area contributed by atoms with Crippen molar-refractivity contribution in [2.24, 2.45) is 0 Å². The fraction of sp³-hybridized carbons (Fsp3) is 0.158. The Morgan fingerprint density at radius 3 is 2.71 bits per heavy atom. The minimum atomic E-state index is -0.465. The van der Waals surface area contributed by atoms with E-state index in [4.69, 9.17) is 11.6 Å². The highest BCUT2D eigenvalue weighted by molar-refractivity contribution is 6.31. The Morgan fingerprint density at radius 2 is 1.92 bits per heavy atom. The minimum absolute atomic E-state index is 0.175. The van der Waals surface area contributed by atoms with Crippen LogP contribution >= 0.6 is 11.6 Å². The van der Waals surface area contributed by atoms with E-state index in [9.17, 15) is 9.59 Å². The van der Waals surface area contributed by atoms with E-state index in [0.717, 1.165) is 22.2 Å². The Balaban J connectivity index is 1.79. The van der Waals surface area contributed by atoms with Crippen LogP contribution in [0.25, 0.3) is 10.9 Å². The molecule has 1 fully saturated rings. The molecule has 5 heteroatoms. The lowest BCUT2D eigenvalue weighted by Crippen LogP contribution is -2.30. The number of hydrogen-bond donors (Lipinski definition) is 1. The van der Waals surface area contributed by atoms with Gasteiger partial charge in [-0.3, -0.25) is 9.59 Å². The highest BCUT2D eigenvalue weighted by atomic mass is 35.5. The van der Waals surface area contributed by atoms with Gasteiger partial charge in [0.05, 0.1) is 11.6 Å². The van der Waals surface area contributed by atoms with Gasteiger partial charge in [0.2, 0.25) is 11.8 Å². The minimum Gasteiger partial charge on any atom is -0.358 e. The summed E-state index contributed by atoms with van der Waals surface area (Å²) in [5, 5.41) is 1.49. The number of carbonyl (C=O) groups excluding carboxylic acids is 2. The number of aromatic nitrogens is 1. The molecule has 3 aromatic rings. The topological polar surface area (TPSA) is 53.2 Å². The summed E-state index contributed by atoms with van der Waals surface area (Å²) in [5.74, 6) is -0.861. The standard InChI is InChI=1S/C19H15ClN2O2/c1-11-18(14-7-2-3-8-16(14)21-11)15-10-17(23)22(19(15)24)13-6-4-5-12(20)9-13/h2-9,15,21H,10H2,1H3. The molecule has 120 valence electrons. The third-order valence-corrected chi connectivity index (χ3v) is 4.74. The number of para-hydroxylation sites is 1. The van der Waals surface area contributed by atoms with Crippen molar-refractivity contribution in [2.75, 3.05) is 4.90 Å². The third-order valence-electron chi connectivity index (χ3n) is 4.50. The number of fused-ring (bicyclic) bond motifs is 1. The molecule has 0 bridgehead atoms. The Bertz CT molecular complexity index is 976. The van der Waals surface area contributed by atoms with Gasteiger partial charge in [-0.1, -0.05) is 35.9 Å². The van der Waals surface area contributed by atoms with Gasteiger partial charge in [0.1, 0.15) is 0 Å². The largest absolute Gasteiger partial charge is 0.358 e. The maximum Gasteiger partial charge on any atom is 0.241 e. The number of benzene rings is 2. The van der Waals surface area contributed by atoms with Crippen LogP contribution in [0.3, 0.4) is 0 Å². The number of H-pyrrole nitrogens is 1. The number of anilines is 1. The van der Waals surface area contributed by atoms with E-state index < -0.39 is 5.92 Å². The summed E-state index contributed by atoms with van der Waals surface area (Å²) in [6, 6.07) is 14.7. The van der Waals surface area contributed by atoms with E-state index in [1.807, 2.05) is 31.2 Å². The van der Waals surface area contributed by atoms with E-state index in [1.165, 1.54) is 4.90 Å². The van der Waals surface area contributed by atoms with Crippen LogP contribution in [0.5, 0.6) is 0 Å². The smallest absolute Gasteiger partial charge is 0.241 e. The first-order valence-corrected chi connectivity index (χ1v) is 8.13. The molecule has 0 radical (unpaired) electrons. The molecule has 4 nitrogen and oxygen atoms in total. The van der Waals surface area contributed by atoms with Crippen LogP contribution in [-0.4, -0.2) is 16.8 Å². The van der Waals surface area contributed by atoms with Crippen LogP contribution in [0.4, 0.5) is 5.69 Å². The quantitative estimate of drug-likeness (QED) is 0.713. The molecule has 1 saturated heterocycles. The monoisotopic (exact) mass is 338 g/mol. The molecule has 1 unspecified atom stereocenters. The molecule has 1 aromatic heterocycles.